The van der Waals surface area contributed by atoms with Gasteiger partial charge in [0.1, 0.15) is 5.75 Å². The number of benzene rings is 1. The van der Waals surface area contributed by atoms with Gasteiger partial charge in [-0.2, -0.15) is 0 Å². The topological polar surface area (TPSA) is 21.3 Å². The lowest BCUT2D eigenvalue weighted by molar-refractivity contribution is 0.374. The lowest BCUT2D eigenvalue weighted by Gasteiger charge is -2.24. The predicted octanol–water partition coefficient (Wildman–Crippen LogP) is 3.20. The smallest absolute Gasteiger partial charge is 0.137 e. The lowest BCUT2D eigenvalue weighted by Crippen LogP contribution is -2.31. The summed E-state index contributed by atoms with van der Waals surface area (Å²) in [6.07, 6.45) is 3.61. The zero-order valence-electron chi connectivity index (χ0n) is 10.6. The van der Waals surface area contributed by atoms with Gasteiger partial charge in [0.2, 0.25) is 0 Å². The number of hydrogen-bond donors (Lipinski definition) is 1. The molecule has 1 saturated heterocycles. The highest BCUT2D eigenvalue weighted by Gasteiger charge is 2.17. The van der Waals surface area contributed by atoms with E-state index in [0.717, 1.165) is 30.3 Å². The zero-order chi connectivity index (χ0) is 12.3. The largest absolute Gasteiger partial charge is 0.495 e. The van der Waals surface area contributed by atoms with Crippen LogP contribution in [0.5, 0.6) is 5.75 Å². The Hall–Kier alpha value is -0.730. The third-order valence-corrected chi connectivity index (χ3v) is 3.97. The summed E-state index contributed by atoms with van der Waals surface area (Å²) in [5, 5.41) is 4.24. The van der Waals surface area contributed by atoms with Crippen LogP contribution in [-0.2, 0) is 6.42 Å². The first-order valence-corrected chi connectivity index (χ1v) is 6.63. The maximum atomic E-state index is 6.39. The van der Waals surface area contributed by atoms with E-state index >= 15 is 0 Å². The van der Waals surface area contributed by atoms with Crippen molar-refractivity contribution in [1.29, 1.82) is 0 Å². The molecule has 1 aromatic carbocycles. The molecule has 1 atom stereocenters. The summed E-state index contributed by atoms with van der Waals surface area (Å²) < 4.78 is 5.28. The molecule has 1 fully saturated rings. The van der Waals surface area contributed by atoms with Gasteiger partial charge in [-0.3, -0.25) is 0 Å². The maximum Gasteiger partial charge on any atom is 0.137 e. The number of rotatable bonds is 3. The van der Waals surface area contributed by atoms with Crippen LogP contribution in [0.15, 0.2) is 12.1 Å². The monoisotopic (exact) mass is 253 g/mol. The summed E-state index contributed by atoms with van der Waals surface area (Å²) in [6, 6.07) is 4.04. The summed E-state index contributed by atoms with van der Waals surface area (Å²) >= 11 is 6.39. The molecule has 0 aliphatic carbocycles. The van der Waals surface area contributed by atoms with Gasteiger partial charge in [-0.05, 0) is 62.4 Å². The Kier molecular flexibility index (Phi) is 4.30. The van der Waals surface area contributed by atoms with Crippen LogP contribution >= 0.6 is 11.6 Å². The standard InChI is InChI=1S/C14H20ClNO/c1-10-5-6-13(17-2)14(15)12(10)8-11-4-3-7-16-9-11/h5-6,11,16H,3-4,7-9H2,1-2H3. The minimum atomic E-state index is 0.701. The fourth-order valence-corrected chi connectivity index (χ4v) is 2.86. The second kappa shape index (κ2) is 5.74. The molecule has 1 N–H and O–H groups in total. The van der Waals surface area contributed by atoms with Crippen molar-refractivity contribution in [3.63, 3.8) is 0 Å². The third kappa shape index (κ3) is 2.93. The van der Waals surface area contributed by atoms with E-state index in [-0.39, 0.29) is 0 Å². The maximum absolute atomic E-state index is 6.39. The van der Waals surface area contributed by atoms with E-state index in [1.54, 1.807) is 7.11 Å². The molecule has 2 rings (SSSR count). The van der Waals surface area contributed by atoms with Gasteiger partial charge in [0.15, 0.2) is 0 Å². The average Bonchev–Trinajstić information content (AvgIpc) is 2.36. The third-order valence-electron chi connectivity index (χ3n) is 3.55. The number of halogens is 1. The van der Waals surface area contributed by atoms with Crippen molar-refractivity contribution in [3.05, 3.63) is 28.3 Å². The molecule has 0 bridgehead atoms. The predicted molar refractivity (Wildman–Crippen MR) is 72.0 cm³/mol. The minimum absolute atomic E-state index is 0.701. The molecule has 2 nitrogen and oxygen atoms in total. The number of nitrogens with one attached hydrogen (secondary N) is 1. The lowest BCUT2D eigenvalue weighted by atomic mass is 9.90. The number of ether oxygens (including phenoxy) is 1. The molecule has 0 radical (unpaired) electrons. The number of methoxy groups -OCH3 is 1. The first-order chi connectivity index (χ1) is 8.22. The summed E-state index contributed by atoms with van der Waals surface area (Å²) in [5.41, 5.74) is 2.51. The van der Waals surface area contributed by atoms with Crippen LogP contribution in [0.4, 0.5) is 0 Å². The van der Waals surface area contributed by atoms with E-state index in [1.165, 1.54) is 24.0 Å². The Labute approximate surface area is 108 Å². The molecule has 1 aliphatic heterocycles. The van der Waals surface area contributed by atoms with Gasteiger partial charge in [-0.15, -0.1) is 0 Å². The van der Waals surface area contributed by atoms with Crippen molar-refractivity contribution in [3.8, 4) is 5.75 Å². The van der Waals surface area contributed by atoms with Crippen LogP contribution in [0, 0.1) is 12.8 Å². The van der Waals surface area contributed by atoms with E-state index in [9.17, 15) is 0 Å². The Bertz CT molecular complexity index is 386. The summed E-state index contributed by atoms with van der Waals surface area (Å²) in [7, 11) is 1.67. The van der Waals surface area contributed by atoms with Gasteiger partial charge in [-0.25, -0.2) is 0 Å². The van der Waals surface area contributed by atoms with Gasteiger partial charge in [0.25, 0.3) is 0 Å². The number of aryl methyl sites for hydroxylation is 1. The number of piperidine rings is 1. The zero-order valence-corrected chi connectivity index (χ0v) is 11.3. The molecule has 0 saturated carbocycles. The highest BCUT2D eigenvalue weighted by molar-refractivity contribution is 6.33. The number of hydrogen-bond acceptors (Lipinski definition) is 2. The molecule has 1 aliphatic rings. The molecule has 1 unspecified atom stereocenters. The van der Waals surface area contributed by atoms with Crippen LogP contribution in [0.3, 0.4) is 0 Å². The summed E-state index contributed by atoms with van der Waals surface area (Å²) in [5.74, 6) is 1.49. The van der Waals surface area contributed by atoms with E-state index in [4.69, 9.17) is 16.3 Å². The van der Waals surface area contributed by atoms with Gasteiger partial charge >= 0.3 is 0 Å². The van der Waals surface area contributed by atoms with Crippen molar-refractivity contribution >= 4 is 11.6 Å². The van der Waals surface area contributed by atoms with Crippen LogP contribution in [-0.4, -0.2) is 20.2 Å². The minimum Gasteiger partial charge on any atom is -0.495 e. The van der Waals surface area contributed by atoms with E-state index in [0.29, 0.717) is 5.92 Å². The first-order valence-electron chi connectivity index (χ1n) is 6.25. The Morgan fingerprint density at radius 2 is 2.29 bits per heavy atom. The van der Waals surface area contributed by atoms with Gasteiger partial charge in [0, 0.05) is 0 Å². The second-order valence-corrected chi connectivity index (χ2v) is 5.17. The normalized spacial score (nSPS) is 20.3. The molecule has 3 heteroatoms. The van der Waals surface area contributed by atoms with Crippen molar-refractivity contribution in [2.24, 2.45) is 5.92 Å². The highest BCUT2D eigenvalue weighted by atomic mass is 35.5. The van der Waals surface area contributed by atoms with Gasteiger partial charge in [0.05, 0.1) is 12.1 Å². The van der Waals surface area contributed by atoms with E-state index < -0.39 is 0 Å². The molecule has 1 aromatic rings. The Balaban J connectivity index is 2.18. The van der Waals surface area contributed by atoms with E-state index in [1.807, 2.05) is 6.07 Å². The summed E-state index contributed by atoms with van der Waals surface area (Å²) in [6.45, 7) is 4.38. The molecule has 0 spiro atoms. The molecule has 0 aromatic heterocycles. The van der Waals surface area contributed by atoms with Gasteiger partial charge < -0.3 is 10.1 Å². The fourth-order valence-electron chi connectivity index (χ4n) is 2.49. The van der Waals surface area contributed by atoms with Crippen LogP contribution in [0.2, 0.25) is 5.02 Å². The Morgan fingerprint density at radius 1 is 1.47 bits per heavy atom. The molecule has 0 amide bonds. The van der Waals surface area contributed by atoms with Crippen LogP contribution in [0.25, 0.3) is 0 Å². The molecule has 17 heavy (non-hydrogen) atoms. The molecular weight excluding hydrogens is 234 g/mol. The molecule has 94 valence electrons. The highest BCUT2D eigenvalue weighted by Crippen LogP contribution is 2.32. The van der Waals surface area contributed by atoms with Crippen molar-refractivity contribution in [2.75, 3.05) is 20.2 Å². The fraction of sp³-hybridized carbons (Fsp3) is 0.571. The Morgan fingerprint density at radius 3 is 2.94 bits per heavy atom. The second-order valence-electron chi connectivity index (χ2n) is 4.79. The van der Waals surface area contributed by atoms with Crippen molar-refractivity contribution in [2.45, 2.75) is 26.2 Å². The quantitative estimate of drug-likeness (QED) is 0.893. The molecule has 1 heterocycles. The average molecular weight is 254 g/mol. The van der Waals surface area contributed by atoms with Crippen LogP contribution < -0.4 is 10.1 Å². The van der Waals surface area contributed by atoms with Gasteiger partial charge in [-0.1, -0.05) is 17.7 Å². The van der Waals surface area contributed by atoms with Crippen molar-refractivity contribution in [1.82, 2.24) is 5.32 Å². The van der Waals surface area contributed by atoms with Crippen molar-refractivity contribution < 1.29 is 4.74 Å². The molecular formula is C14H20ClNO. The van der Waals surface area contributed by atoms with Crippen LogP contribution in [0.1, 0.15) is 24.0 Å². The first kappa shape index (κ1) is 12.7. The summed E-state index contributed by atoms with van der Waals surface area (Å²) in [4.78, 5) is 0. The van der Waals surface area contributed by atoms with E-state index in [2.05, 4.69) is 18.3 Å². The SMILES string of the molecule is COc1ccc(C)c(CC2CCCNC2)c1Cl.